The number of amides is 2. The van der Waals surface area contributed by atoms with Gasteiger partial charge in [0.2, 0.25) is 11.8 Å². The van der Waals surface area contributed by atoms with Crippen LogP contribution in [0.25, 0.3) is 0 Å². The fraction of sp³-hybridized carbons (Fsp3) is 0.875. The van der Waals surface area contributed by atoms with Crippen molar-refractivity contribution >= 4 is 36.6 Å². The van der Waals surface area contributed by atoms with Gasteiger partial charge in [-0.25, -0.2) is 0 Å². The van der Waals surface area contributed by atoms with E-state index in [-0.39, 0.29) is 61.2 Å². The normalized spacial score (nSPS) is 20.3. The number of β-amino-alcohol motifs (C(OH)–C–C–N with tert-alkyl or cyclic N) is 1. The van der Waals surface area contributed by atoms with Gasteiger partial charge in [0.25, 0.3) is 0 Å². The van der Waals surface area contributed by atoms with Gasteiger partial charge in [-0.05, 0) is 19.3 Å². The van der Waals surface area contributed by atoms with E-state index in [1.165, 1.54) is 0 Å². The van der Waals surface area contributed by atoms with E-state index in [9.17, 15) is 14.7 Å². The van der Waals surface area contributed by atoms with Gasteiger partial charge in [0.05, 0.1) is 18.7 Å². The predicted molar refractivity (Wildman–Crippen MR) is 104 cm³/mol. The lowest BCUT2D eigenvalue weighted by Crippen LogP contribution is -2.57. The molecule has 9 heteroatoms. The lowest BCUT2D eigenvalue weighted by atomic mass is 10.1. The van der Waals surface area contributed by atoms with Crippen molar-refractivity contribution in [3.8, 4) is 0 Å². The van der Waals surface area contributed by atoms with Crippen LogP contribution >= 0.6 is 24.8 Å². The lowest BCUT2D eigenvalue weighted by molar-refractivity contribution is -0.136. The standard InChI is InChI=1S/C16H32N4O3.2ClH/c1-5-13-10-20(7-6-19(13)9-12(4)21)14(22)8-18-16(23)15(17)11(2)3;;/h11-13,15,21H,5-10,17H2,1-4H3,(H,18,23);2*1H/t12?,13?,15-;;/m0../s1. The Kier molecular flexibility index (Phi) is 13.5. The molecule has 1 heterocycles. The Labute approximate surface area is 163 Å². The molecule has 0 aromatic rings. The number of hydrogen-bond donors (Lipinski definition) is 3. The minimum atomic E-state index is -0.589. The highest BCUT2D eigenvalue weighted by atomic mass is 35.5. The van der Waals surface area contributed by atoms with Gasteiger partial charge in [0, 0.05) is 32.2 Å². The van der Waals surface area contributed by atoms with Gasteiger partial charge in [-0.15, -0.1) is 24.8 Å². The number of hydrogen-bond acceptors (Lipinski definition) is 5. The molecule has 1 fully saturated rings. The van der Waals surface area contributed by atoms with Crippen LogP contribution in [0.5, 0.6) is 0 Å². The van der Waals surface area contributed by atoms with Crippen LogP contribution in [0.15, 0.2) is 0 Å². The van der Waals surface area contributed by atoms with E-state index in [2.05, 4.69) is 17.1 Å². The summed E-state index contributed by atoms with van der Waals surface area (Å²) in [6.07, 6.45) is 0.546. The first-order valence-electron chi connectivity index (χ1n) is 8.49. The Bertz CT molecular complexity index is 411. The van der Waals surface area contributed by atoms with E-state index in [0.29, 0.717) is 19.6 Å². The zero-order valence-electron chi connectivity index (χ0n) is 15.6. The van der Waals surface area contributed by atoms with Crippen molar-refractivity contribution in [1.82, 2.24) is 15.1 Å². The van der Waals surface area contributed by atoms with E-state index in [1.807, 2.05) is 13.8 Å². The molecule has 0 aromatic carbocycles. The van der Waals surface area contributed by atoms with Crippen LogP contribution in [0.3, 0.4) is 0 Å². The number of nitrogens with one attached hydrogen (secondary N) is 1. The second kappa shape index (κ2) is 12.7. The molecular formula is C16H34Cl2N4O3. The van der Waals surface area contributed by atoms with Crippen molar-refractivity contribution in [3.05, 3.63) is 0 Å². The number of nitrogens with two attached hydrogens (primary N) is 1. The summed E-state index contributed by atoms with van der Waals surface area (Å²) in [4.78, 5) is 28.1. The molecule has 1 aliphatic rings. The molecule has 0 aliphatic carbocycles. The molecule has 0 spiro atoms. The van der Waals surface area contributed by atoms with Crippen LogP contribution in [0.4, 0.5) is 0 Å². The number of nitrogens with zero attached hydrogens (tertiary/aromatic N) is 2. The number of piperazine rings is 1. The molecule has 0 saturated carbocycles. The number of halogens is 2. The third kappa shape index (κ3) is 8.55. The SMILES string of the molecule is CCC1CN(C(=O)CNC(=O)[C@@H](N)C(C)C)CCN1CC(C)O.Cl.Cl. The van der Waals surface area contributed by atoms with Crippen LogP contribution in [-0.4, -0.2) is 77.6 Å². The highest BCUT2D eigenvalue weighted by molar-refractivity contribution is 5.87. The average molecular weight is 401 g/mol. The smallest absolute Gasteiger partial charge is 0.242 e. The van der Waals surface area contributed by atoms with Crippen LogP contribution < -0.4 is 11.1 Å². The van der Waals surface area contributed by atoms with Crippen LogP contribution in [0.2, 0.25) is 0 Å². The van der Waals surface area contributed by atoms with Crippen molar-refractivity contribution in [2.75, 3.05) is 32.7 Å². The topological polar surface area (TPSA) is 98.9 Å². The van der Waals surface area contributed by atoms with Gasteiger partial charge in [0.15, 0.2) is 0 Å². The van der Waals surface area contributed by atoms with Gasteiger partial charge >= 0.3 is 0 Å². The molecule has 1 rings (SSSR count). The van der Waals surface area contributed by atoms with Gasteiger partial charge < -0.3 is 21.1 Å². The zero-order valence-corrected chi connectivity index (χ0v) is 17.2. The van der Waals surface area contributed by atoms with Gasteiger partial charge in [-0.1, -0.05) is 20.8 Å². The molecule has 25 heavy (non-hydrogen) atoms. The molecule has 1 saturated heterocycles. The van der Waals surface area contributed by atoms with Crippen LogP contribution in [-0.2, 0) is 9.59 Å². The first kappa shape index (κ1) is 26.6. The van der Waals surface area contributed by atoms with Gasteiger partial charge in [0.1, 0.15) is 0 Å². The summed E-state index contributed by atoms with van der Waals surface area (Å²) in [6, 6.07) is -0.343. The molecule has 2 amide bonds. The van der Waals surface area contributed by atoms with Crippen molar-refractivity contribution in [1.29, 1.82) is 0 Å². The summed E-state index contributed by atoms with van der Waals surface area (Å²) >= 11 is 0. The molecule has 3 atom stereocenters. The summed E-state index contributed by atoms with van der Waals surface area (Å²) in [6.45, 7) is 10.2. The summed E-state index contributed by atoms with van der Waals surface area (Å²) < 4.78 is 0. The maximum absolute atomic E-state index is 12.3. The van der Waals surface area contributed by atoms with E-state index >= 15 is 0 Å². The van der Waals surface area contributed by atoms with Crippen molar-refractivity contribution in [2.24, 2.45) is 11.7 Å². The minimum absolute atomic E-state index is 0. The van der Waals surface area contributed by atoms with Gasteiger partial charge in [-0.3, -0.25) is 14.5 Å². The van der Waals surface area contributed by atoms with Crippen molar-refractivity contribution < 1.29 is 14.7 Å². The van der Waals surface area contributed by atoms with Crippen LogP contribution in [0.1, 0.15) is 34.1 Å². The number of aliphatic hydroxyl groups is 1. The van der Waals surface area contributed by atoms with E-state index in [0.717, 1.165) is 13.0 Å². The largest absolute Gasteiger partial charge is 0.392 e. The van der Waals surface area contributed by atoms with E-state index in [1.54, 1.807) is 11.8 Å². The van der Waals surface area contributed by atoms with Gasteiger partial charge in [-0.2, -0.15) is 0 Å². The first-order chi connectivity index (χ1) is 10.8. The number of carbonyl (C=O) groups excluding carboxylic acids is 2. The third-order valence-corrected chi connectivity index (χ3v) is 4.36. The lowest BCUT2D eigenvalue weighted by Gasteiger charge is -2.41. The minimum Gasteiger partial charge on any atom is -0.392 e. The predicted octanol–water partition coefficient (Wildman–Crippen LogP) is 0.233. The Hall–Kier alpha value is -0.600. The van der Waals surface area contributed by atoms with Crippen LogP contribution in [0, 0.1) is 5.92 Å². The fourth-order valence-electron chi connectivity index (χ4n) is 2.78. The molecule has 0 bridgehead atoms. The highest BCUT2D eigenvalue weighted by Crippen LogP contribution is 2.13. The second-order valence-electron chi connectivity index (χ2n) is 6.73. The maximum Gasteiger partial charge on any atom is 0.242 e. The summed E-state index contributed by atoms with van der Waals surface area (Å²) in [7, 11) is 0. The molecule has 4 N–H and O–H groups in total. The Morgan fingerprint density at radius 3 is 2.32 bits per heavy atom. The van der Waals surface area contributed by atoms with E-state index < -0.39 is 6.04 Å². The monoisotopic (exact) mass is 400 g/mol. The number of rotatable bonds is 7. The molecule has 2 unspecified atom stereocenters. The molecular weight excluding hydrogens is 367 g/mol. The maximum atomic E-state index is 12.3. The molecule has 1 aliphatic heterocycles. The average Bonchev–Trinajstić information content (AvgIpc) is 2.51. The number of carbonyl (C=O) groups is 2. The third-order valence-electron chi connectivity index (χ3n) is 4.36. The molecule has 0 aromatic heterocycles. The molecule has 7 nitrogen and oxygen atoms in total. The van der Waals surface area contributed by atoms with Crippen molar-refractivity contribution in [2.45, 2.75) is 52.3 Å². The quantitative estimate of drug-likeness (QED) is 0.568. The first-order valence-corrected chi connectivity index (χ1v) is 8.49. The molecule has 150 valence electrons. The van der Waals surface area contributed by atoms with E-state index in [4.69, 9.17) is 5.73 Å². The highest BCUT2D eigenvalue weighted by Gasteiger charge is 2.29. The Morgan fingerprint density at radius 1 is 1.24 bits per heavy atom. The number of aliphatic hydroxyl groups excluding tert-OH is 1. The fourth-order valence-corrected chi connectivity index (χ4v) is 2.78. The summed E-state index contributed by atoms with van der Waals surface area (Å²) in [5, 5.41) is 12.2. The van der Waals surface area contributed by atoms with Crippen molar-refractivity contribution in [3.63, 3.8) is 0 Å². The Morgan fingerprint density at radius 2 is 1.84 bits per heavy atom. The zero-order chi connectivity index (χ0) is 17.6. The Balaban J connectivity index is 0. The molecule has 0 radical (unpaired) electrons. The summed E-state index contributed by atoms with van der Waals surface area (Å²) in [5.41, 5.74) is 5.77. The second-order valence-corrected chi connectivity index (χ2v) is 6.73. The summed E-state index contributed by atoms with van der Waals surface area (Å²) in [5.74, 6) is -0.323.